The van der Waals surface area contributed by atoms with Crippen molar-refractivity contribution in [3.63, 3.8) is 0 Å². The molecule has 1 saturated heterocycles. The standard InChI is InChI=1S/C25H25FN4O3/c1-18-22(6-4-8-24(18)30(32)33)25(31)27-20-9-11-21(12-10-20)29-15-13-28(14-16-29)17-19-5-2-3-7-23(19)26/h2-12H,13-17H2,1H3,(H,27,31). The quantitative estimate of drug-likeness (QED) is 0.440. The molecule has 1 amide bonds. The molecular formula is C25H25FN4O3. The van der Waals surface area contributed by atoms with Crippen molar-refractivity contribution in [2.45, 2.75) is 13.5 Å². The van der Waals surface area contributed by atoms with E-state index in [0.29, 0.717) is 23.4 Å². The SMILES string of the molecule is Cc1c(C(=O)Nc2ccc(N3CCN(Cc4ccccc4F)CC3)cc2)cccc1[N+](=O)[O-]. The molecule has 0 radical (unpaired) electrons. The molecule has 0 aromatic heterocycles. The molecule has 1 heterocycles. The highest BCUT2D eigenvalue weighted by Gasteiger charge is 2.20. The van der Waals surface area contributed by atoms with Crippen LogP contribution < -0.4 is 10.2 Å². The van der Waals surface area contributed by atoms with E-state index in [1.807, 2.05) is 36.4 Å². The van der Waals surface area contributed by atoms with Gasteiger partial charge in [-0.05, 0) is 43.3 Å². The maximum atomic E-state index is 13.9. The number of nitrogens with zero attached hydrogens (tertiary/aromatic N) is 3. The highest BCUT2D eigenvalue weighted by atomic mass is 19.1. The molecule has 7 nitrogen and oxygen atoms in total. The maximum absolute atomic E-state index is 13.9. The summed E-state index contributed by atoms with van der Waals surface area (Å²) in [6.07, 6.45) is 0. The van der Waals surface area contributed by atoms with E-state index in [1.54, 1.807) is 19.1 Å². The maximum Gasteiger partial charge on any atom is 0.273 e. The normalized spacial score (nSPS) is 14.2. The zero-order valence-electron chi connectivity index (χ0n) is 18.3. The smallest absolute Gasteiger partial charge is 0.273 e. The van der Waals surface area contributed by atoms with Crippen LogP contribution in [0.3, 0.4) is 0 Å². The molecule has 0 bridgehead atoms. The number of nitro benzene ring substituents is 1. The summed E-state index contributed by atoms with van der Waals surface area (Å²) in [6, 6.07) is 18.9. The molecule has 4 rings (SSSR count). The van der Waals surface area contributed by atoms with Crippen LogP contribution in [0.5, 0.6) is 0 Å². The lowest BCUT2D eigenvalue weighted by Gasteiger charge is -2.36. The predicted octanol–water partition coefficient (Wildman–Crippen LogP) is 4.62. The van der Waals surface area contributed by atoms with Gasteiger partial charge in [-0.1, -0.05) is 24.3 Å². The van der Waals surface area contributed by atoms with Crippen LogP contribution in [0.15, 0.2) is 66.7 Å². The van der Waals surface area contributed by atoms with E-state index in [0.717, 1.165) is 31.9 Å². The molecule has 3 aromatic rings. The second kappa shape index (κ2) is 9.79. The van der Waals surface area contributed by atoms with Crippen molar-refractivity contribution in [3.05, 3.63) is 99.4 Å². The fourth-order valence-corrected chi connectivity index (χ4v) is 4.05. The van der Waals surface area contributed by atoms with Crippen molar-refractivity contribution >= 4 is 23.0 Å². The lowest BCUT2D eigenvalue weighted by Crippen LogP contribution is -2.46. The molecule has 0 aliphatic carbocycles. The Morgan fingerprint density at radius 2 is 1.70 bits per heavy atom. The van der Waals surface area contributed by atoms with Crippen LogP contribution in [0.4, 0.5) is 21.5 Å². The lowest BCUT2D eigenvalue weighted by atomic mass is 10.1. The van der Waals surface area contributed by atoms with E-state index < -0.39 is 4.92 Å². The van der Waals surface area contributed by atoms with Crippen molar-refractivity contribution in [2.75, 3.05) is 36.4 Å². The van der Waals surface area contributed by atoms with Gasteiger partial charge in [0.05, 0.1) is 4.92 Å². The Morgan fingerprint density at radius 3 is 2.36 bits per heavy atom. The summed E-state index contributed by atoms with van der Waals surface area (Å²) in [5.74, 6) is -0.552. The van der Waals surface area contributed by atoms with Gasteiger partial charge in [0, 0.05) is 66.9 Å². The van der Waals surface area contributed by atoms with Crippen molar-refractivity contribution < 1.29 is 14.1 Å². The highest BCUT2D eigenvalue weighted by Crippen LogP contribution is 2.24. The molecular weight excluding hydrogens is 423 g/mol. The average molecular weight is 448 g/mol. The van der Waals surface area contributed by atoms with Crippen molar-refractivity contribution in [2.24, 2.45) is 0 Å². The summed E-state index contributed by atoms with van der Waals surface area (Å²) < 4.78 is 13.9. The monoisotopic (exact) mass is 448 g/mol. The number of anilines is 2. The van der Waals surface area contributed by atoms with E-state index in [-0.39, 0.29) is 23.0 Å². The summed E-state index contributed by atoms with van der Waals surface area (Å²) in [5, 5.41) is 13.9. The molecule has 0 unspecified atom stereocenters. The fourth-order valence-electron chi connectivity index (χ4n) is 4.05. The number of hydrogen-bond donors (Lipinski definition) is 1. The Morgan fingerprint density at radius 1 is 1.00 bits per heavy atom. The molecule has 3 aromatic carbocycles. The third-order valence-corrected chi connectivity index (χ3v) is 5.96. The summed E-state index contributed by atoms with van der Waals surface area (Å²) in [5.41, 5.74) is 2.92. The second-order valence-electron chi connectivity index (χ2n) is 8.06. The van der Waals surface area contributed by atoms with Gasteiger partial charge in [-0.3, -0.25) is 19.8 Å². The van der Waals surface area contributed by atoms with Gasteiger partial charge in [0.2, 0.25) is 0 Å². The van der Waals surface area contributed by atoms with Gasteiger partial charge in [0.15, 0.2) is 0 Å². The molecule has 1 N–H and O–H groups in total. The lowest BCUT2D eigenvalue weighted by molar-refractivity contribution is -0.385. The summed E-state index contributed by atoms with van der Waals surface area (Å²) >= 11 is 0. The summed E-state index contributed by atoms with van der Waals surface area (Å²) in [7, 11) is 0. The van der Waals surface area contributed by atoms with E-state index in [9.17, 15) is 19.3 Å². The van der Waals surface area contributed by atoms with Gasteiger partial charge in [-0.15, -0.1) is 0 Å². The number of hydrogen-bond acceptors (Lipinski definition) is 5. The largest absolute Gasteiger partial charge is 0.369 e. The molecule has 170 valence electrons. The summed E-state index contributed by atoms with van der Waals surface area (Å²) in [4.78, 5) is 27.8. The minimum Gasteiger partial charge on any atom is -0.369 e. The highest BCUT2D eigenvalue weighted by molar-refractivity contribution is 6.05. The van der Waals surface area contributed by atoms with Crippen LogP contribution in [-0.4, -0.2) is 41.9 Å². The van der Waals surface area contributed by atoms with Crippen molar-refractivity contribution in [3.8, 4) is 0 Å². The Labute approximate surface area is 191 Å². The van der Waals surface area contributed by atoms with Gasteiger partial charge in [-0.25, -0.2) is 4.39 Å². The van der Waals surface area contributed by atoms with Crippen LogP contribution in [-0.2, 0) is 6.54 Å². The van der Waals surface area contributed by atoms with E-state index in [4.69, 9.17) is 0 Å². The number of carbonyl (C=O) groups excluding carboxylic acids is 1. The van der Waals surface area contributed by atoms with Crippen LogP contribution in [0.2, 0.25) is 0 Å². The first-order valence-electron chi connectivity index (χ1n) is 10.8. The molecule has 0 atom stereocenters. The first-order chi connectivity index (χ1) is 15.9. The first kappa shape index (κ1) is 22.4. The van der Waals surface area contributed by atoms with Crippen molar-refractivity contribution in [1.29, 1.82) is 0 Å². The van der Waals surface area contributed by atoms with Crippen LogP contribution in [0, 0.1) is 22.9 Å². The Kier molecular flexibility index (Phi) is 6.65. The number of piperazine rings is 1. The van der Waals surface area contributed by atoms with Gasteiger partial charge in [0.25, 0.3) is 11.6 Å². The fraction of sp³-hybridized carbons (Fsp3) is 0.240. The molecule has 1 aliphatic heterocycles. The second-order valence-corrected chi connectivity index (χ2v) is 8.06. The van der Waals surface area contributed by atoms with E-state index in [2.05, 4.69) is 15.1 Å². The molecule has 8 heteroatoms. The molecule has 1 aliphatic rings. The zero-order chi connectivity index (χ0) is 23.4. The molecule has 1 fully saturated rings. The number of carbonyl (C=O) groups is 1. The third-order valence-electron chi connectivity index (χ3n) is 5.96. The van der Waals surface area contributed by atoms with Crippen molar-refractivity contribution in [1.82, 2.24) is 4.90 Å². The predicted molar refractivity (Wildman–Crippen MR) is 126 cm³/mol. The minimum atomic E-state index is -0.489. The van der Waals surface area contributed by atoms with E-state index >= 15 is 0 Å². The van der Waals surface area contributed by atoms with Gasteiger partial charge < -0.3 is 10.2 Å². The van der Waals surface area contributed by atoms with Gasteiger partial charge in [0.1, 0.15) is 5.82 Å². The number of amides is 1. The van der Waals surface area contributed by atoms with Crippen LogP contribution >= 0.6 is 0 Å². The average Bonchev–Trinajstić information content (AvgIpc) is 2.81. The summed E-state index contributed by atoms with van der Waals surface area (Å²) in [6.45, 7) is 5.49. The van der Waals surface area contributed by atoms with Gasteiger partial charge in [-0.2, -0.15) is 0 Å². The number of nitro groups is 1. The van der Waals surface area contributed by atoms with E-state index in [1.165, 1.54) is 18.2 Å². The minimum absolute atomic E-state index is 0.0767. The zero-order valence-corrected chi connectivity index (χ0v) is 18.3. The number of benzene rings is 3. The number of rotatable bonds is 6. The first-order valence-corrected chi connectivity index (χ1v) is 10.8. The molecule has 0 saturated carbocycles. The number of halogens is 1. The van der Waals surface area contributed by atoms with Crippen LogP contribution in [0.25, 0.3) is 0 Å². The van der Waals surface area contributed by atoms with Gasteiger partial charge >= 0.3 is 0 Å². The van der Waals surface area contributed by atoms with Crippen LogP contribution in [0.1, 0.15) is 21.5 Å². The Bertz CT molecular complexity index is 1160. The topological polar surface area (TPSA) is 78.7 Å². The third kappa shape index (κ3) is 5.18. The molecule has 33 heavy (non-hydrogen) atoms. The molecule has 0 spiro atoms. The Hall–Kier alpha value is -3.78. The Balaban J connectivity index is 1.34. The number of nitrogens with one attached hydrogen (secondary N) is 1.